The average Bonchev–Trinajstić information content (AvgIpc) is 2.24. The van der Waals surface area contributed by atoms with Crippen molar-refractivity contribution in [1.29, 1.82) is 0 Å². The van der Waals surface area contributed by atoms with Gasteiger partial charge in [-0.2, -0.15) is 15.0 Å². The molecule has 0 aromatic carbocycles. The first-order valence-electron chi connectivity index (χ1n) is 4.51. The second-order valence-electron chi connectivity index (χ2n) is 2.75. The number of aromatic nitrogens is 3. The minimum absolute atomic E-state index is 0.0890. The van der Waals surface area contributed by atoms with Crippen LogP contribution in [-0.2, 0) is 4.84 Å². The van der Waals surface area contributed by atoms with Gasteiger partial charge < -0.3 is 11.1 Å². The van der Waals surface area contributed by atoms with Crippen LogP contribution in [0.5, 0.6) is 0 Å². The number of hydrogen-bond donors (Lipinski definition) is 3. The van der Waals surface area contributed by atoms with Crippen LogP contribution >= 0.6 is 0 Å². The normalized spacial score (nSPS) is 10.1. The predicted molar refractivity (Wildman–Crippen MR) is 56.7 cm³/mol. The molecule has 1 heterocycles. The van der Waals surface area contributed by atoms with Crippen LogP contribution in [-0.4, -0.2) is 28.6 Å². The Morgan fingerprint density at radius 3 is 2.73 bits per heavy atom. The lowest BCUT2D eigenvalue weighted by molar-refractivity contribution is 0.163. The van der Waals surface area contributed by atoms with Crippen molar-refractivity contribution >= 4 is 17.8 Å². The first-order valence-corrected chi connectivity index (χ1v) is 4.51. The summed E-state index contributed by atoms with van der Waals surface area (Å²) >= 11 is 0. The number of hydrogen-bond acceptors (Lipinski definition) is 8. The topological polar surface area (TPSA) is 115 Å². The quantitative estimate of drug-likeness (QED) is 0.443. The number of nitrogens with one attached hydrogen (secondary N) is 1. The molecule has 0 unspecified atom stereocenters. The van der Waals surface area contributed by atoms with E-state index in [1.165, 1.54) is 7.11 Å². The highest BCUT2D eigenvalue weighted by Crippen LogP contribution is 2.08. The van der Waals surface area contributed by atoms with E-state index in [4.69, 9.17) is 16.4 Å². The largest absolute Gasteiger partial charge is 0.368 e. The standard InChI is InChI=1S/C7H15N7O/c1-3-4-10-6-11-5(8)12-7(13-6)14(9)15-2/h3-4,9H2,1-2H3,(H3,8,10,11,12,13). The summed E-state index contributed by atoms with van der Waals surface area (Å²) in [5.41, 5.74) is 5.48. The molecule has 0 aliphatic rings. The van der Waals surface area contributed by atoms with Gasteiger partial charge in [-0.1, -0.05) is 6.92 Å². The predicted octanol–water partition coefficient (Wildman–Crippen LogP) is -0.483. The zero-order chi connectivity index (χ0) is 11.3. The SMILES string of the molecule is CCCNc1nc(N)nc(N(N)OC)n1. The van der Waals surface area contributed by atoms with E-state index in [-0.39, 0.29) is 11.9 Å². The lowest BCUT2D eigenvalue weighted by Gasteiger charge is -2.13. The Hall–Kier alpha value is -1.67. The van der Waals surface area contributed by atoms with Gasteiger partial charge in [-0.3, -0.25) is 4.84 Å². The van der Waals surface area contributed by atoms with Gasteiger partial charge in [0, 0.05) is 6.54 Å². The van der Waals surface area contributed by atoms with Crippen LogP contribution in [0.4, 0.5) is 17.8 Å². The number of nitrogens with zero attached hydrogens (tertiary/aromatic N) is 4. The van der Waals surface area contributed by atoms with Gasteiger partial charge in [0.25, 0.3) is 5.95 Å². The van der Waals surface area contributed by atoms with Crippen molar-refractivity contribution in [2.45, 2.75) is 13.3 Å². The summed E-state index contributed by atoms with van der Waals surface area (Å²) in [7, 11) is 1.40. The van der Waals surface area contributed by atoms with Gasteiger partial charge in [0.15, 0.2) is 0 Å². The number of nitrogen functional groups attached to an aromatic ring is 1. The summed E-state index contributed by atoms with van der Waals surface area (Å²) in [5.74, 6) is 6.06. The average molecular weight is 213 g/mol. The van der Waals surface area contributed by atoms with Crippen molar-refractivity contribution < 1.29 is 4.84 Å². The summed E-state index contributed by atoms with van der Waals surface area (Å²) in [6.45, 7) is 2.78. The highest BCUT2D eigenvalue weighted by molar-refractivity contribution is 5.39. The van der Waals surface area contributed by atoms with Gasteiger partial charge in [-0.25, -0.2) is 5.84 Å². The second kappa shape index (κ2) is 5.27. The molecule has 0 aliphatic carbocycles. The maximum absolute atomic E-state index is 5.48. The Kier molecular flexibility index (Phi) is 4.01. The van der Waals surface area contributed by atoms with Gasteiger partial charge in [0.1, 0.15) is 0 Å². The van der Waals surface area contributed by atoms with Crippen LogP contribution in [0, 0.1) is 0 Å². The molecule has 0 spiro atoms. The van der Waals surface area contributed by atoms with Crippen LogP contribution in [0.15, 0.2) is 0 Å². The molecule has 15 heavy (non-hydrogen) atoms. The van der Waals surface area contributed by atoms with Crippen LogP contribution in [0.1, 0.15) is 13.3 Å². The van der Waals surface area contributed by atoms with E-state index in [1.54, 1.807) is 0 Å². The van der Waals surface area contributed by atoms with Crippen molar-refractivity contribution in [2.75, 3.05) is 29.9 Å². The molecule has 1 rings (SSSR count). The Labute approximate surface area is 87.6 Å². The summed E-state index contributed by atoms with van der Waals surface area (Å²) < 4.78 is 0. The third-order valence-corrected chi connectivity index (χ3v) is 1.57. The Balaban J connectivity index is 2.84. The third kappa shape index (κ3) is 3.18. The van der Waals surface area contributed by atoms with Crippen LogP contribution in [0.2, 0.25) is 0 Å². The molecule has 0 saturated carbocycles. The van der Waals surface area contributed by atoms with E-state index < -0.39 is 0 Å². The van der Waals surface area contributed by atoms with Gasteiger partial charge in [0.2, 0.25) is 11.9 Å². The molecular formula is C7H15N7O. The van der Waals surface area contributed by atoms with E-state index in [0.29, 0.717) is 5.95 Å². The molecule has 0 radical (unpaired) electrons. The minimum atomic E-state index is 0.0890. The summed E-state index contributed by atoms with van der Waals surface area (Å²) in [5, 5.41) is 3.89. The summed E-state index contributed by atoms with van der Waals surface area (Å²) in [6, 6.07) is 0. The fourth-order valence-electron chi connectivity index (χ4n) is 0.877. The lowest BCUT2D eigenvalue weighted by Crippen LogP contribution is -2.31. The van der Waals surface area contributed by atoms with Crippen molar-refractivity contribution in [3.63, 3.8) is 0 Å². The van der Waals surface area contributed by atoms with Crippen molar-refractivity contribution in [3.05, 3.63) is 0 Å². The van der Waals surface area contributed by atoms with E-state index in [9.17, 15) is 0 Å². The van der Waals surface area contributed by atoms with Gasteiger partial charge >= 0.3 is 0 Å². The van der Waals surface area contributed by atoms with Crippen molar-refractivity contribution in [1.82, 2.24) is 15.0 Å². The van der Waals surface area contributed by atoms with E-state index in [2.05, 4.69) is 20.3 Å². The van der Waals surface area contributed by atoms with E-state index in [0.717, 1.165) is 18.1 Å². The highest BCUT2D eigenvalue weighted by Gasteiger charge is 2.08. The zero-order valence-electron chi connectivity index (χ0n) is 8.77. The molecule has 8 heteroatoms. The first kappa shape index (κ1) is 11.4. The van der Waals surface area contributed by atoms with Crippen LogP contribution < -0.4 is 22.1 Å². The van der Waals surface area contributed by atoms with Crippen LogP contribution in [0.3, 0.4) is 0 Å². The summed E-state index contributed by atoms with van der Waals surface area (Å²) in [6.07, 6.45) is 0.956. The molecule has 5 N–H and O–H groups in total. The molecule has 84 valence electrons. The van der Waals surface area contributed by atoms with E-state index >= 15 is 0 Å². The molecule has 1 aromatic rings. The molecule has 1 aromatic heterocycles. The maximum atomic E-state index is 5.48. The fourth-order valence-corrected chi connectivity index (χ4v) is 0.877. The zero-order valence-corrected chi connectivity index (χ0v) is 8.77. The Bertz CT molecular complexity index is 318. The monoisotopic (exact) mass is 213 g/mol. The van der Waals surface area contributed by atoms with Crippen molar-refractivity contribution in [2.24, 2.45) is 5.84 Å². The number of anilines is 3. The Morgan fingerprint density at radius 2 is 2.13 bits per heavy atom. The Morgan fingerprint density at radius 1 is 1.40 bits per heavy atom. The molecule has 0 amide bonds. The molecule has 8 nitrogen and oxygen atoms in total. The molecular weight excluding hydrogens is 198 g/mol. The molecule has 0 bridgehead atoms. The lowest BCUT2D eigenvalue weighted by atomic mass is 10.5. The molecule has 0 fully saturated rings. The number of nitrogens with two attached hydrogens (primary N) is 2. The number of hydrazine groups is 1. The smallest absolute Gasteiger partial charge is 0.271 e. The minimum Gasteiger partial charge on any atom is -0.368 e. The molecule has 0 aliphatic heterocycles. The summed E-state index contributed by atoms with van der Waals surface area (Å²) in [4.78, 5) is 16.4. The number of rotatable bonds is 5. The van der Waals surface area contributed by atoms with Gasteiger partial charge in [0.05, 0.1) is 7.11 Å². The third-order valence-electron chi connectivity index (χ3n) is 1.57. The molecule has 0 saturated heterocycles. The van der Waals surface area contributed by atoms with E-state index in [1.807, 2.05) is 6.92 Å². The highest BCUT2D eigenvalue weighted by atomic mass is 16.7. The van der Waals surface area contributed by atoms with Crippen LogP contribution in [0.25, 0.3) is 0 Å². The fraction of sp³-hybridized carbons (Fsp3) is 0.571. The maximum Gasteiger partial charge on any atom is 0.271 e. The first-order chi connectivity index (χ1) is 7.17. The van der Waals surface area contributed by atoms with Gasteiger partial charge in [-0.05, 0) is 6.42 Å². The van der Waals surface area contributed by atoms with Crippen molar-refractivity contribution in [3.8, 4) is 0 Å². The molecule has 0 atom stereocenters. The second-order valence-corrected chi connectivity index (χ2v) is 2.75. The van der Waals surface area contributed by atoms with Gasteiger partial charge in [-0.15, -0.1) is 5.17 Å².